The second-order valence-corrected chi connectivity index (χ2v) is 9.68. The normalized spacial score (nSPS) is 17.4. The van der Waals surface area contributed by atoms with E-state index in [1.165, 1.54) is 11.1 Å². The van der Waals surface area contributed by atoms with E-state index >= 15 is 0 Å². The Hall–Kier alpha value is -2.12. The minimum Gasteiger partial charge on any atom is -0.337 e. The molecule has 3 aromatic rings. The van der Waals surface area contributed by atoms with Gasteiger partial charge in [-0.15, -0.1) is 21.5 Å². The number of nitrogens with zero attached hydrogens (tertiary/aromatic N) is 4. The van der Waals surface area contributed by atoms with Crippen LogP contribution >= 0.6 is 23.1 Å². The van der Waals surface area contributed by atoms with Crippen LogP contribution in [0.2, 0.25) is 0 Å². The smallest absolute Gasteiger partial charge is 0.236 e. The van der Waals surface area contributed by atoms with Gasteiger partial charge in [0, 0.05) is 19.1 Å². The lowest BCUT2D eigenvalue weighted by molar-refractivity contribution is -0.131. The first-order chi connectivity index (χ1) is 13.7. The van der Waals surface area contributed by atoms with E-state index in [9.17, 15) is 4.79 Å². The minimum absolute atomic E-state index is 0.178. The van der Waals surface area contributed by atoms with Gasteiger partial charge in [-0.2, -0.15) is 0 Å². The fourth-order valence-corrected chi connectivity index (χ4v) is 5.45. The van der Waals surface area contributed by atoms with Gasteiger partial charge in [-0.25, -0.2) is 0 Å². The van der Waals surface area contributed by atoms with E-state index < -0.39 is 0 Å². The van der Waals surface area contributed by atoms with Crippen molar-refractivity contribution in [1.29, 1.82) is 0 Å². The Morgan fingerprint density at radius 1 is 1.18 bits per heavy atom. The molecule has 0 radical (unpaired) electrons. The van der Waals surface area contributed by atoms with Crippen molar-refractivity contribution in [3.8, 4) is 10.7 Å². The summed E-state index contributed by atoms with van der Waals surface area (Å²) in [4.78, 5) is 16.2. The summed E-state index contributed by atoms with van der Waals surface area (Å²) in [6.45, 7) is 3.48. The van der Waals surface area contributed by atoms with Gasteiger partial charge in [-0.05, 0) is 48.8 Å². The van der Waals surface area contributed by atoms with E-state index in [0.717, 1.165) is 41.7 Å². The highest BCUT2D eigenvalue weighted by Gasteiger charge is 2.33. The average Bonchev–Trinajstić information content (AvgIpc) is 3.24. The zero-order valence-electron chi connectivity index (χ0n) is 15.7. The third kappa shape index (κ3) is 3.37. The molecule has 144 valence electrons. The van der Waals surface area contributed by atoms with Gasteiger partial charge < -0.3 is 4.90 Å². The molecule has 1 atom stereocenters. The zero-order valence-corrected chi connectivity index (χ0v) is 17.4. The molecule has 2 aromatic heterocycles. The summed E-state index contributed by atoms with van der Waals surface area (Å²) in [5.74, 6) is 1.12. The third-order valence-corrected chi connectivity index (χ3v) is 7.30. The van der Waals surface area contributed by atoms with Crippen LogP contribution in [0.3, 0.4) is 0 Å². The molecule has 1 amide bonds. The standard InChI is InChI=1S/C21H22N4OS2/c1-14(20(26)24-11-10-15-5-2-3-6-16(15)13-24)28-21-23-22-19(18-7-4-12-27-18)25(21)17-8-9-17/h2-7,12,14,17H,8-11,13H2,1H3. The molecule has 1 aromatic carbocycles. The summed E-state index contributed by atoms with van der Waals surface area (Å²) in [5.41, 5.74) is 2.63. The first kappa shape index (κ1) is 17.9. The molecule has 3 heterocycles. The molecular weight excluding hydrogens is 388 g/mol. The molecule has 0 bridgehead atoms. The molecule has 0 N–H and O–H groups in total. The van der Waals surface area contributed by atoms with Gasteiger partial charge in [0.15, 0.2) is 11.0 Å². The number of thioether (sulfide) groups is 1. The van der Waals surface area contributed by atoms with E-state index in [1.54, 1.807) is 23.1 Å². The maximum atomic E-state index is 13.1. The summed E-state index contributed by atoms with van der Waals surface area (Å²) in [7, 11) is 0. The lowest BCUT2D eigenvalue weighted by Crippen LogP contribution is -2.40. The zero-order chi connectivity index (χ0) is 19.1. The predicted molar refractivity (Wildman–Crippen MR) is 112 cm³/mol. The number of rotatable bonds is 5. The van der Waals surface area contributed by atoms with Gasteiger partial charge in [0.2, 0.25) is 5.91 Å². The van der Waals surface area contributed by atoms with Crippen LogP contribution in [-0.4, -0.2) is 37.4 Å². The third-order valence-electron chi connectivity index (χ3n) is 5.39. The number of thiophene rings is 1. The minimum atomic E-state index is -0.178. The maximum Gasteiger partial charge on any atom is 0.236 e. The number of hydrogen-bond donors (Lipinski definition) is 0. The van der Waals surface area contributed by atoms with Crippen molar-refractivity contribution in [2.75, 3.05) is 6.54 Å². The molecule has 1 unspecified atom stereocenters. The fourth-order valence-electron chi connectivity index (χ4n) is 3.74. The van der Waals surface area contributed by atoms with Gasteiger partial charge in [-0.1, -0.05) is 42.1 Å². The summed E-state index contributed by atoms with van der Waals surface area (Å²) in [6, 6.07) is 13.0. The molecule has 1 aliphatic carbocycles. The molecule has 2 aliphatic rings. The summed E-state index contributed by atoms with van der Waals surface area (Å²) in [6.07, 6.45) is 3.25. The predicted octanol–water partition coefficient (Wildman–Crippen LogP) is 4.41. The fraction of sp³-hybridized carbons (Fsp3) is 0.381. The van der Waals surface area contributed by atoms with Gasteiger partial charge >= 0.3 is 0 Å². The Morgan fingerprint density at radius 3 is 2.75 bits per heavy atom. The number of aromatic nitrogens is 3. The van der Waals surface area contributed by atoms with Crippen molar-refractivity contribution in [3.63, 3.8) is 0 Å². The maximum absolute atomic E-state index is 13.1. The van der Waals surface area contributed by atoms with Crippen molar-refractivity contribution in [2.24, 2.45) is 0 Å². The molecule has 28 heavy (non-hydrogen) atoms. The van der Waals surface area contributed by atoms with Crippen LogP contribution in [0.25, 0.3) is 10.7 Å². The molecule has 7 heteroatoms. The van der Waals surface area contributed by atoms with Crippen LogP contribution in [0.5, 0.6) is 0 Å². The van der Waals surface area contributed by atoms with Gasteiger partial charge in [0.05, 0.1) is 10.1 Å². The van der Waals surface area contributed by atoms with Crippen molar-refractivity contribution in [1.82, 2.24) is 19.7 Å². The topological polar surface area (TPSA) is 51.0 Å². The highest BCUT2D eigenvalue weighted by atomic mass is 32.2. The number of carbonyl (C=O) groups is 1. The lowest BCUT2D eigenvalue weighted by Gasteiger charge is -2.30. The summed E-state index contributed by atoms with van der Waals surface area (Å²) < 4.78 is 2.24. The van der Waals surface area contributed by atoms with Crippen molar-refractivity contribution in [2.45, 2.75) is 49.2 Å². The molecule has 1 fully saturated rings. The Balaban J connectivity index is 1.33. The van der Waals surface area contributed by atoms with Crippen molar-refractivity contribution in [3.05, 3.63) is 52.9 Å². The highest BCUT2D eigenvalue weighted by Crippen LogP contribution is 2.42. The SMILES string of the molecule is CC(Sc1nnc(-c2cccs2)n1C1CC1)C(=O)N1CCc2ccccc2C1. The number of benzene rings is 1. The van der Waals surface area contributed by atoms with Crippen LogP contribution in [0.1, 0.15) is 36.9 Å². The van der Waals surface area contributed by atoms with E-state index in [4.69, 9.17) is 0 Å². The highest BCUT2D eigenvalue weighted by molar-refractivity contribution is 8.00. The van der Waals surface area contributed by atoms with E-state index in [0.29, 0.717) is 12.6 Å². The number of hydrogen-bond acceptors (Lipinski definition) is 5. The Labute approximate surface area is 172 Å². The van der Waals surface area contributed by atoms with Gasteiger partial charge in [0.1, 0.15) is 0 Å². The van der Waals surface area contributed by atoms with Crippen LogP contribution in [0.15, 0.2) is 46.9 Å². The van der Waals surface area contributed by atoms with Gasteiger partial charge in [0.25, 0.3) is 0 Å². The molecule has 0 spiro atoms. The van der Waals surface area contributed by atoms with Crippen molar-refractivity contribution < 1.29 is 4.79 Å². The molecule has 1 aliphatic heterocycles. The summed E-state index contributed by atoms with van der Waals surface area (Å²) in [5, 5.41) is 11.7. The lowest BCUT2D eigenvalue weighted by atomic mass is 10.00. The van der Waals surface area contributed by atoms with Crippen LogP contribution in [-0.2, 0) is 17.8 Å². The molecule has 0 saturated heterocycles. The van der Waals surface area contributed by atoms with Crippen LogP contribution in [0.4, 0.5) is 0 Å². The van der Waals surface area contributed by atoms with E-state index in [1.807, 2.05) is 17.9 Å². The summed E-state index contributed by atoms with van der Waals surface area (Å²) >= 11 is 3.22. The average molecular weight is 411 g/mol. The number of amides is 1. The Bertz CT molecular complexity index is 994. The number of fused-ring (bicyclic) bond motifs is 1. The van der Waals surface area contributed by atoms with Crippen LogP contribution < -0.4 is 0 Å². The first-order valence-electron chi connectivity index (χ1n) is 9.71. The first-order valence-corrected chi connectivity index (χ1v) is 11.5. The second-order valence-electron chi connectivity index (χ2n) is 7.42. The van der Waals surface area contributed by atoms with Crippen LogP contribution in [0, 0.1) is 0 Å². The van der Waals surface area contributed by atoms with Crippen molar-refractivity contribution >= 4 is 29.0 Å². The van der Waals surface area contributed by atoms with Gasteiger partial charge in [-0.3, -0.25) is 9.36 Å². The Morgan fingerprint density at radius 2 is 2.00 bits per heavy atom. The monoisotopic (exact) mass is 410 g/mol. The largest absolute Gasteiger partial charge is 0.337 e. The second kappa shape index (κ2) is 7.37. The molecular formula is C21H22N4OS2. The van der Waals surface area contributed by atoms with E-state index in [2.05, 4.69) is 50.5 Å². The number of carbonyl (C=O) groups excluding carboxylic acids is 1. The molecule has 1 saturated carbocycles. The quantitative estimate of drug-likeness (QED) is 0.585. The van der Waals surface area contributed by atoms with E-state index in [-0.39, 0.29) is 11.2 Å². The molecule has 5 nitrogen and oxygen atoms in total. The molecule has 5 rings (SSSR count). The Kier molecular flexibility index (Phi) is 4.72.